The fraction of sp³-hybridized carbons (Fsp3) is 0. The second-order valence-electron chi connectivity index (χ2n) is 10.9. The number of hydrogen-bond acceptors (Lipinski definition) is 2. The summed E-state index contributed by atoms with van der Waals surface area (Å²) in [6.45, 7) is 0. The van der Waals surface area contributed by atoms with Gasteiger partial charge in [-0.25, -0.2) is 0 Å². The Morgan fingerprint density at radius 1 is 0.333 bits per heavy atom. The second-order valence-corrected chi connectivity index (χ2v) is 10.9. The van der Waals surface area contributed by atoms with E-state index in [1.54, 1.807) is 0 Å². The van der Waals surface area contributed by atoms with E-state index in [1.807, 2.05) is 6.07 Å². The number of benzene rings is 8. The molecule has 0 atom stereocenters. The van der Waals surface area contributed by atoms with Gasteiger partial charge >= 0.3 is 0 Å². The van der Waals surface area contributed by atoms with Crippen molar-refractivity contribution >= 4 is 82.1 Å². The van der Waals surface area contributed by atoms with Gasteiger partial charge in [-0.05, 0) is 92.3 Å². The Balaban J connectivity index is 1.39. The van der Waals surface area contributed by atoms with E-state index in [0.29, 0.717) is 0 Å². The SMILES string of the molecule is c1ccc(N(c2ccc3ccccc3c2)c2ccc3c4ccccc4c4c(ccc5oc6ccccc6c54)c3c2)cc1. The molecular formula is C40H25NO. The zero-order chi connectivity index (χ0) is 27.6. The first kappa shape index (κ1) is 23.1. The summed E-state index contributed by atoms with van der Waals surface area (Å²) in [5, 5.41) is 12.3. The van der Waals surface area contributed by atoms with Gasteiger partial charge in [0.15, 0.2) is 0 Å². The first-order valence-electron chi connectivity index (χ1n) is 14.4. The topological polar surface area (TPSA) is 16.4 Å². The van der Waals surface area contributed by atoms with E-state index in [0.717, 1.165) is 33.6 Å². The molecule has 0 bridgehead atoms. The standard InChI is InChI=1S/C40H25NO/c1-2-12-28(13-3-1)41(29-19-18-26-10-4-5-11-27(26)24-29)30-20-21-32-31-14-6-7-15-33(31)39-34(36(32)25-30)22-23-38-40(39)35-16-8-9-17-37(35)42-38/h1-25H. The number of nitrogens with zero attached hydrogens (tertiary/aromatic N) is 1. The van der Waals surface area contributed by atoms with Crippen LogP contribution in [-0.4, -0.2) is 0 Å². The van der Waals surface area contributed by atoms with Crippen LogP contribution in [0, 0.1) is 0 Å². The zero-order valence-electron chi connectivity index (χ0n) is 22.8. The van der Waals surface area contributed by atoms with Crippen LogP contribution in [0.2, 0.25) is 0 Å². The third-order valence-electron chi connectivity index (χ3n) is 8.59. The van der Waals surface area contributed by atoms with Crippen molar-refractivity contribution in [1.82, 2.24) is 0 Å². The number of furan rings is 1. The smallest absolute Gasteiger partial charge is 0.136 e. The molecule has 0 aliphatic heterocycles. The zero-order valence-corrected chi connectivity index (χ0v) is 22.8. The predicted octanol–water partition coefficient (Wildman–Crippen LogP) is 11.7. The molecule has 0 aliphatic rings. The fourth-order valence-corrected chi connectivity index (χ4v) is 6.73. The van der Waals surface area contributed by atoms with Crippen molar-refractivity contribution in [2.45, 2.75) is 0 Å². The average Bonchev–Trinajstić information content (AvgIpc) is 3.44. The molecule has 1 aromatic heterocycles. The molecule has 0 saturated carbocycles. The maximum atomic E-state index is 6.33. The summed E-state index contributed by atoms with van der Waals surface area (Å²) < 4.78 is 6.33. The minimum absolute atomic E-state index is 0.921. The van der Waals surface area contributed by atoms with Crippen molar-refractivity contribution in [3.05, 3.63) is 152 Å². The monoisotopic (exact) mass is 535 g/mol. The van der Waals surface area contributed by atoms with Crippen LogP contribution in [0.4, 0.5) is 17.1 Å². The van der Waals surface area contributed by atoms with Crippen LogP contribution >= 0.6 is 0 Å². The summed E-state index contributed by atoms with van der Waals surface area (Å²) in [5.41, 5.74) is 5.22. The molecule has 2 nitrogen and oxygen atoms in total. The quantitative estimate of drug-likeness (QED) is 0.209. The summed E-state index contributed by atoms with van der Waals surface area (Å²) in [5.74, 6) is 0. The lowest BCUT2D eigenvalue weighted by molar-refractivity contribution is 0.669. The Labute approximate surface area is 242 Å². The molecule has 0 saturated heterocycles. The number of rotatable bonds is 3. The summed E-state index contributed by atoms with van der Waals surface area (Å²) in [7, 11) is 0. The minimum Gasteiger partial charge on any atom is -0.456 e. The van der Waals surface area contributed by atoms with Gasteiger partial charge in [0, 0.05) is 33.2 Å². The molecule has 0 spiro atoms. The molecule has 8 aromatic carbocycles. The first-order chi connectivity index (χ1) is 20.8. The predicted molar refractivity (Wildman–Crippen MR) is 178 cm³/mol. The van der Waals surface area contributed by atoms with Gasteiger partial charge in [-0.15, -0.1) is 0 Å². The van der Waals surface area contributed by atoms with E-state index in [2.05, 4.69) is 150 Å². The number of hydrogen-bond donors (Lipinski definition) is 0. The molecule has 0 unspecified atom stereocenters. The van der Waals surface area contributed by atoms with Crippen molar-refractivity contribution in [3.8, 4) is 0 Å². The third kappa shape index (κ3) is 3.39. The van der Waals surface area contributed by atoms with Gasteiger partial charge in [0.05, 0.1) is 0 Å². The molecule has 42 heavy (non-hydrogen) atoms. The number of anilines is 3. The van der Waals surface area contributed by atoms with Crippen LogP contribution < -0.4 is 4.90 Å². The molecule has 9 aromatic rings. The molecule has 2 heteroatoms. The number of fused-ring (bicyclic) bond motifs is 11. The van der Waals surface area contributed by atoms with Crippen molar-refractivity contribution in [1.29, 1.82) is 0 Å². The molecular weight excluding hydrogens is 510 g/mol. The number of para-hydroxylation sites is 2. The van der Waals surface area contributed by atoms with Gasteiger partial charge in [-0.2, -0.15) is 0 Å². The van der Waals surface area contributed by atoms with Gasteiger partial charge in [0.25, 0.3) is 0 Å². The van der Waals surface area contributed by atoms with Crippen LogP contribution in [0.1, 0.15) is 0 Å². The van der Waals surface area contributed by atoms with E-state index in [1.165, 1.54) is 48.5 Å². The molecule has 0 fully saturated rings. The summed E-state index contributed by atoms with van der Waals surface area (Å²) in [6, 6.07) is 54.3. The summed E-state index contributed by atoms with van der Waals surface area (Å²) in [6.07, 6.45) is 0. The molecule has 1 heterocycles. The summed E-state index contributed by atoms with van der Waals surface area (Å²) >= 11 is 0. The van der Waals surface area contributed by atoms with Crippen molar-refractivity contribution in [2.24, 2.45) is 0 Å². The largest absolute Gasteiger partial charge is 0.456 e. The first-order valence-corrected chi connectivity index (χ1v) is 14.4. The van der Waals surface area contributed by atoms with Crippen molar-refractivity contribution in [3.63, 3.8) is 0 Å². The van der Waals surface area contributed by atoms with Crippen molar-refractivity contribution in [2.75, 3.05) is 4.90 Å². The van der Waals surface area contributed by atoms with E-state index >= 15 is 0 Å². The summed E-state index contributed by atoms with van der Waals surface area (Å²) in [4.78, 5) is 2.36. The van der Waals surface area contributed by atoms with Crippen LogP contribution in [0.3, 0.4) is 0 Å². The van der Waals surface area contributed by atoms with Gasteiger partial charge in [0.2, 0.25) is 0 Å². The fourth-order valence-electron chi connectivity index (χ4n) is 6.73. The lowest BCUT2D eigenvalue weighted by atomic mass is 9.91. The molecule has 9 rings (SSSR count). The average molecular weight is 536 g/mol. The van der Waals surface area contributed by atoms with E-state index in [-0.39, 0.29) is 0 Å². The highest BCUT2D eigenvalue weighted by molar-refractivity contribution is 6.34. The Morgan fingerprint density at radius 2 is 0.952 bits per heavy atom. The van der Waals surface area contributed by atoms with Gasteiger partial charge < -0.3 is 9.32 Å². The minimum atomic E-state index is 0.921. The highest BCUT2D eigenvalue weighted by Gasteiger charge is 2.18. The normalized spacial score (nSPS) is 11.8. The van der Waals surface area contributed by atoms with E-state index < -0.39 is 0 Å². The Kier molecular flexibility index (Phi) is 4.93. The Hall–Kier alpha value is -5.60. The molecule has 0 amide bonds. The van der Waals surface area contributed by atoms with Crippen LogP contribution in [0.25, 0.3) is 65.0 Å². The lowest BCUT2D eigenvalue weighted by Gasteiger charge is -2.26. The van der Waals surface area contributed by atoms with Crippen LogP contribution in [0.15, 0.2) is 156 Å². The maximum absolute atomic E-state index is 6.33. The Bertz CT molecular complexity index is 2470. The van der Waals surface area contributed by atoms with Crippen molar-refractivity contribution < 1.29 is 4.42 Å². The molecule has 0 N–H and O–H groups in total. The Morgan fingerprint density at radius 3 is 1.83 bits per heavy atom. The lowest BCUT2D eigenvalue weighted by Crippen LogP contribution is -2.09. The van der Waals surface area contributed by atoms with Gasteiger partial charge in [-0.1, -0.05) is 97.1 Å². The molecule has 196 valence electrons. The highest BCUT2D eigenvalue weighted by atomic mass is 16.3. The second kappa shape index (κ2) is 8.95. The third-order valence-corrected chi connectivity index (χ3v) is 8.59. The maximum Gasteiger partial charge on any atom is 0.136 e. The van der Waals surface area contributed by atoms with Gasteiger partial charge in [-0.3, -0.25) is 0 Å². The van der Waals surface area contributed by atoms with Crippen LogP contribution in [-0.2, 0) is 0 Å². The van der Waals surface area contributed by atoms with Crippen LogP contribution in [0.5, 0.6) is 0 Å². The van der Waals surface area contributed by atoms with E-state index in [9.17, 15) is 0 Å². The van der Waals surface area contributed by atoms with E-state index in [4.69, 9.17) is 4.42 Å². The molecule has 0 aliphatic carbocycles. The van der Waals surface area contributed by atoms with Gasteiger partial charge in [0.1, 0.15) is 11.2 Å². The molecule has 0 radical (unpaired) electrons. The highest BCUT2D eigenvalue weighted by Crippen LogP contribution is 2.44.